The summed E-state index contributed by atoms with van der Waals surface area (Å²) in [4.78, 5) is 14.2. The summed E-state index contributed by atoms with van der Waals surface area (Å²) in [5.74, 6) is 1.18. The zero-order valence-corrected chi connectivity index (χ0v) is 12.8. The summed E-state index contributed by atoms with van der Waals surface area (Å²) < 4.78 is 0. The summed E-state index contributed by atoms with van der Waals surface area (Å²) in [6, 6.07) is 10.3. The van der Waals surface area contributed by atoms with Gasteiger partial charge in [-0.1, -0.05) is 30.3 Å². The second-order valence-electron chi connectivity index (χ2n) is 4.51. The van der Waals surface area contributed by atoms with Crippen LogP contribution in [-0.4, -0.2) is 42.2 Å². The van der Waals surface area contributed by atoms with Gasteiger partial charge in [-0.2, -0.15) is 0 Å². The van der Waals surface area contributed by atoms with E-state index in [9.17, 15) is 4.79 Å². The van der Waals surface area contributed by atoms with Crippen LogP contribution in [0.15, 0.2) is 30.3 Å². The Morgan fingerprint density at radius 1 is 1.32 bits per heavy atom. The van der Waals surface area contributed by atoms with Gasteiger partial charge in [-0.05, 0) is 12.5 Å². The molecule has 106 valence electrons. The van der Waals surface area contributed by atoms with E-state index in [1.807, 2.05) is 30.0 Å². The fourth-order valence-electron chi connectivity index (χ4n) is 2.01. The number of hydrogen-bond acceptors (Lipinski definition) is 3. The summed E-state index contributed by atoms with van der Waals surface area (Å²) in [6.45, 7) is 5.53. The Kier molecular flexibility index (Phi) is 7.28. The fourth-order valence-corrected chi connectivity index (χ4v) is 2.94. The third-order valence-corrected chi connectivity index (χ3v) is 4.32. The van der Waals surface area contributed by atoms with E-state index in [4.69, 9.17) is 0 Å². The predicted molar refractivity (Wildman–Crippen MR) is 83.9 cm³/mol. The van der Waals surface area contributed by atoms with Crippen molar-refractivity contribution >= 4 is 30.1 Å². The van der Waals surface area contributed by atoms with Gasteiger partial charge in [0.15, 0.2) is 0 Å². The number of halogens is 1. The monoisotopic (exact) mass is 300 g/mol. The highest BCUT2D eigenvalue weighted by Crippen LogP contribution is 2.19. The molecule has 0 bridgehead atoms. The number of nitrogens with zero attached hydrogens (tertiary/aromatic N) is 1. The molecule has 1 atom stereocenters. The van der Waals surface area contributed by atoms with E-state index in [-0.39, 0.29) is 23.6 Å². The van der Waals surface area contributed by atoms with E-state index in [0.29, 0.717) is 0 Å². The summed E-state index contributed by atoms with van der Waals surface area (Å²) in [7, 11) is 0. The van der Waals surface area contributed by atoms with Crippen molar-refractivity contribution in [2.75, 3.05) is 26.2 Å². The smallest absolute Gasteiger partial charge is 0.235 e. The molecule has 1 fully saturated rings. The molecule has 1 N–H and O–H groups in total. The molecule has 1 aliphatic rings. The largest absolute Gasteiger partial charge is 0.339 e. The van der Waals surface area contributed by atoms with Crippen LogP contribution in [0.4, 0.5) is 0 Å². The quantitative estimate of drug-likeness (QED) is 0.925. The van der Waals surface area contributed by atoms with Gasteiger partial charge < -0.3 is 10.2 Å². The summed E-state index contributed by atoms with van der Waals surface area (Å²) in [6.07, 6.45) is 0. The maximum absolute atomic E-state index is 12.2. The van der Waals surface area contributed by atoms with Gasteiger partial charge in [0.2, 0.25) is 5.91 Å². The second kappa shape index (κ2) is 8.46. The molecule has 5 heteroatoms. The Morgan fingerprint density at radius 2 is 1.95 bits per heavy atom. The predicted octanol–water partition coefficient (Wildman–Crippen LogP) is 2.16. The number of rotatable bonds is 4. The Morgan fingerprint density at radius 3 is 2.58 bits per heavy atom. The molecule has 1 amide bonds. The molecule has 0 spiro atoms. The first-order valence-corrected chi connectivity index (χ1v) is 7.47. The van der Waals surface area contributed by atoms with Crippen molar-refractivity contribution in [2.24, 2.45) is 0 Å². The number of hydrogen-bond donors (Lipinski definition) is 1. The van der Waals surface area contributed by atoms with Gasteiger partial charge in [0, 0.05) is 31.9 Å². The number of piperazine rings is 1. The Hall–Kier alpha value is -0.710. The van der Waals surface area contributed by atoms with Gasteiger partial charge in [-0.3, -0.25) is 4.79 Å². The number of thioether (sulfide) groups is 1. The lowest BCUT2D eigenvalue weighted by Gasteiger charge is -2.29. The number of amides is 1. The average Bonchev–Trinajstić information content (AvgIpc) is 2.46. The van der Waals surface area contributed by atoms with Crippen LogP contribution in [0, 0.1) is 0 Å². The van der Waals surface area contributed by atoms with Crippen molar-refractivity contribution in [1.29, 1.82) is 0 Å². The van der Waals surface area contributed by atoms with E-state index in [1.54, 1.807) is 11.8 Å². The standard InChI is InChI=1S/C14H20N2OS.ClH/c1-12(14(17)16-9-7-15-8-10-16)18-11-13-5-3-2-4-6-13;/h2-6,12,15H,7-11H2,1H3;1H. The number of benzene rings is 1. The lowest BCUT2D eigenvalue weighted by atomic mass is 10.2. The van der Waals surface area contributed by atoms with Crippen LogP contribution in [-0.2, 0) is 10.5 Å². The summed E-state index contributed by atoms with van der Waals surface area (Å²) in [5.41, 5.74) is 1.28. The van der Waals surface area contributed by atoms with Crippen LogP contribution < -0.4 is 5.32 Å². The Balaban J connectivity index is 0.00000180. The van der Waals surface area contributed by atoms with Crippen LogP contribution >= 0.6 is 24.2 Å². The molecule has 0 radical (unpaired) electrons. The molecule has 19 heavy (non-hydrogen) atoms. The molecule has 1 saturated heterocycles. The zero-order chi connectivity index (χ0) is 12.8. The van der Waals surface area contributed by atoms with Gasteiger partial charge in [0.05, 0.1) is 5.25 Å². The van der Waals surface area contributed by atoms with Crippen LogP contribution in [0.5, 0.6) is 0 Å². The van der Waals surface area contributed by atoms with Crippen molar-refractivity contribution in [3.05, 3.63) is 35.9 Å². The molecule has 0 saturated carbocycles. The fraction of sp³-hybridized carbons (Fsp3) is 0.500. The minimum absolute atomic E-state index is 0. The molecular weight excluding hydrogens is 280 g/mol. The highest BCUT2D eigenvalue weighted by atomic mass is 35.5. The summed E-state index contributed by atoms with van der Waals surface area (Å²) >= 11 is 1.72. The maximum Gasteiger partial charge on any atom is 0.235 e. The molecule has 1 aromatic rings. The van der Waals surface area contributed by atoms with Gasteiger partial charge in [-0.25, -0.2) is 0 Å². The highest BCUT2D eigenvalue weighted by Gasteiger charge is 2.21. The van der Waals surface area contributed by atoms with E-state index in [2.05, 4.69) is 17.4 Å². The van der Waals surface area contributed by atoms with Crippen LogP contribution in [0.3, 0.4) is 0 Å². The summed E-state index contributed by atoms with van der Waals surface area (Å²) in [5, 5.41) is 3.31. The normalized spacial score (nSPS) is 16.6. The maximum atomic E-state index is 12.2. The molecule has 0 aromatic heterocycles. The van der Waals surface area contributed by atoms with E-state index in [0.717, 1.165) is 31.9 Å². The lowest BCUT2D eigenvalue weighted by Crippen LogP contribution is -2.48. The van der Waals surface area contributed by atoms with Crippen molar-refractivity contribution in [3.63, 3.8) is 0 Å². The second-order valence-corrected chi connectivity index (χ2v) is 5.84. The molecular formula is C14H21ClN2OS. The van der Waals surface area contributed by atoms with Crippen molar-refractivity contribution < 1.29 is 4.79 Å². The van der Waals surface area contributed by atoms with Crippen molar-refractivity contribution in [2.45, 2.75) is 17.9 Å². The minimum Gasteiger partial charge on any atom is -0.339 e. The van der Waals surface area contributed by atoms with Gasteiger partial charge in [0.25, 0.3) is 0 Å². The van der Waals surface area contributed by atoms with Crippen LogP contribution in [0.2, 0.25) is 0 Å². The number of carbonyl (C=O) groups excluding carboxylic acids is 1. The number of carbonyl (C=O) groups is 1. The van der Waals surface area contributed by atoms with E-state index >= 15 is 0 Å². The molecule has 1 unspecified atom stereocenters. The van der Waals surface area contributed by atoms with Gasteiger partial charge >= 0.3 is 0 Å². The highest BCUT2D eigenvalue weighted by molar-refractivity contribution is 7.99. The lowest BCUT2D eigenvalue weighted by molar-refractivity contribution is -0.130. The minimum atomic E-state index is 0. The zero-order valence-electron chi connectivity index (χ0n) is 11.2. The first-order valence-electron chi connectivity index (χ1n) is 6.42. The van der Waals surface area contributed by atoms with Crippen molar-refractivity contribution in [3.8, 4) is 0 Å². The van der Waals surface area contributed by atoms with E-state index < -0.39 is 0 Å². The molecule has 2 rings (SSSR count). The van der Waals surface area contributed by atoms with E-state index in [1.165, 1.54) is 5.56 Å². The van der Waals surface area contributed by atoms with Crippen LogP contribution in [0.25, 0.3) is 0 Å². The molecule has 1 aliphatic heterocycles. The Labute approximate surface area is 125 Å². The average molecular weight is 301 g/mol. The van der Waals surface area contributed by atoms with Gasteiger partial charge in [-0.15, -0.1) is 24.2 Å². The van der Waals surface area contributed by atoms with Gasteiger partial charge in [0.1, 0.15) is 0 Å². The first-order chi connectivity index (χ1) is 8.77. The third kappa shape index (κ3) is 5.05. The topological polar surface area (TPSA) is 32.3 Å². The van der Waals surface area contributed by atoms with Crippen LogP contribution in [0.1, 0.15) is 12.5 Å². The molecule has 1 heterocycles. The molecule has 3 nitrogen and oxygen atoms in total. The Bertz CT molecular complexity index is 382. The third-order valence-electron chi connectivity index (χ3n) is 3.12. The molecule has 1 aromatic carbocycles. The van der Waals surface area contributed by atoms with Crippen molar-refractivity contribution in [1.82, 2.24) is 10.2 Å². The molecule has 0 aliphatic carbocycles. The SMILES string of the molecule is CC(SCc1ccccc1)C(=O)N1CCNCC1.Cl. The first kappa shape index (κ1) is 16.3. The number of nitrogens with one attached hydrogen (secondary N) is 1.